The first-order valence-electron chi connectivity index (χ1n) is 13.1. The maximum atomic E-state index is 13.4. The molecule has 0 aliphatic carbocycles. The van der Waals surface area contributed by atoms with Crippen LogP contribution in [0.4, 0.5) is 5.69 Å². The van der Waals surface area contributed by atoms with Crippen molar-refractivity contribution in [3.05, 3.63) is 125 Å². The third kappa shape index (κ3) is 6.23. The highest BCUT2D eigenvalue weighted by molar-refractivity contribution is 7.92. The van der Waals surface area contributed by atoms with E-state index in [1.165, 1.54) is 0 Å². The Labute approximate surface area is 235 Å². The van der Waals surface area contributed by atoms with Gasteiger partial charge in [-0.2, -0.15) is 5.26 Å². The summed E-state index contributed by atoms with van der Waals surface area (Å²) in [5.74, 6) is 0.859. The average molecular weight is 550 g/mol. The predicted molar refractivity (Wildman–Crippen MR) is 159 cm³/mol. The highest BCUT2D eigenvalue weighted by atomic mass is 32.2. The molecule has 5 rings (SSSR count). The van der Waals surface area contributed by atoms with E-state index in [9.17, 15) is 8.42 Å². The number of sulfonamides is 1. The van der Waals surface area contributed by atoms with Gasteiger partial charge < -0.3 is 9.47 Å². The Morgan fingerprint density at radius 2 is 1.62 bits per heavy atom. The largest absolute Gasteiger partial charge is 0.323 e. The van der Waals surface area contributed by atoms with Crippen molar-refractivity contribution >= 4 is 26.7 Å². The third-order valence-corrected chi connectivity index (χ3v) is 8.28. The number of benzene rings is 4. The fraction of sp³-hybridized carbons (Fsp3) is 0.188. The van der Waals surface area contributed by atoms with Crippen LogP contribution in [0.25, 0.3) is 11.0 Å². The smallest absolute Gasteiger partial charge is 0.262 e. The van der Waals surface area contributed by atoms with E-state index in [1.807, 2.05) is 79.7 Å². The van der Waals surface area contributed by atoms with Crippen molar-refractivity contribution < 1.29 is 8.42 Å². The number of hydrogen-bond acceptors (Lipinski definition) is 5. The molecule has 0 unspecified atom stereocenters. The lowest BCUT2D eigenvalue weighted by molar-refractivity contribution is 0.412. The Morgan fingerprint density at radius 3 is 2.35 bits per heavy atom. The fourth-order valence-electron chi connectivity index (χ4n) is 4.73. The van der Waals surface area contributed by atoms with Crippen molar-refractivity contribution in [1.82, 2.24) is 14.5 Å². The van der Waals surface area contributed by atoms with Crippen molar-refractivity contribution in [2.75, 3.05) is 25.4 Å². The molecule has 0 aliphatic heterocycles. The summed E-state index contributed by atoms with van der Waals surface area (Å²) < 4.78 is 31.8. The minimum Gasteiger partial charge on any atom is -0.323 e. The summed E-state index contributed by atoms with van der Waals surface area (Å²) in [7, 11) is 0.142. The van der Waals surface area contributed by atoms with Gasteiger partial charge in [0, 0.05) is 19.5 Å². The number of nitrogens with one attached hydrogen (secondary N) is 1. The number of nitriles is 1. The maximum absolute atomic E-state index is 13.4. The Bertz CT molecular complexity index is 1770. The van der Waals surface area contributed by atoms with Crippen molar-refractivity contribution in [3.63, 3.8) is 0 Å². The van der Waals surface area contributed by atoms with E-state index in [2.05, 4.69) is 27.5 Å². The number of likely N-dealkylation sites (N-methyl/N-ethyl adjacent to an activating group) is 1. The van der Waals surface area contributed by atoms with Crippen LogP contribution in [0.15, 0.2) is 102 Å². The van der Waals surface area contributed by atoms with E-state index in [1.54, 1.807) is 24.3 Å². The average Bonchev–Trinajstić information content (AvgIpc) is 3.28. The molecule has 4 aromatic carbocycles. The molecule has 0 spiro atoms. The van der Waals surface area contributed by atoms with Gasteiger partial charge in [-0.25, -0.2) is 13.4 Å². The van der Waals surface area contributed by atoms with Gasteiger partial charge in [-0.1, -0.05) is 60.7 Å². The zero-order valence-electron chi connectivity index (χ0n) is 22.6. The molecule has 1 aromatic heterocycles. The molecule has 0 saturated heterocycles. The second kappa shape index (κ2) is 11.7. The zero-order valence-corrected chi connectivity index (χ0v) is 23.4. The van der Waals surface area contributed by atoms with E-state index in [4.69, 9.17) is 10.2 Å². The third-order valence-electron chi connectivity index (χ3n) is 6.80. The lowest BCUT2D eigenvalue weighted by Gasteiger charge is -2.14. The fourth-order valence-corrected chi connectivity index (χ4v) is 6.05. The molecule has 0 atom stereocenters. The van der Waals surface area contributed by atoms with Gasteiger partial charge in [0.15, 0.2) is 0 Å². The highest BCUT2D eigenvalue weighted by Gasteiger charge is 2.20. The van der Waals surface area contributed by atoms with Gasteiger partial charge in [0.2, 0.25) is 0 Å². The molecule has 0 fully saturated rings. The quantitative estimate of drug-likeness (QED) is 0.250. The van der Waals surface area contributed by atoms with Gasteiger partial charge in [-0.05, 0) is 73.6 Å². The topological polar surface area (TPSA) is 91.0 Å². The molecule has 1 heterocycles. The SMILES string of the molecule is CN(C)CCc1ccccc1S(=O)(=O)Nc1ccc2c(c1)nc(Cc1ccc(C#N)cc1)n2Cc1ccccc1. The van der Waals surface area contributed by atoms with Crippen molar-refractivity contribution in [1.29, 1.82) is 5.26 Å². The lowest BCUT2D eigenvalue weighted by Crippen LogP contribution is -2.19. The standard InChI is InChI=1S/C32H31N5O2S/c1-36(2)19-18-27-10-6-7-11-31(27)40(38,39)35-28-16-17-30-29(21-28)34-32(20-24-12-14-25(22-33)15-13-24)37(30)23-26-8-4-3-5-9-26/h3-17,21,35H,18-20,23H2,1-2H3. The van der Waals surface area contributed by atoms with Crippen LogP contribution >= 0.6 is 0 Å². The van der Waals surface area contributed by atoms with E-state index >= 15 is 0 Å². The molecular formula is C32H31N5O2S. The molecule has 0 saturated carbocycles. The maximum Gasteiger partial charge on any atom is 0.262 e. The number of anilines is 1. The van der Waals surface area contributed by atoms with E-state index in [-0.39, 0.29) is 4.90 Å². The molecule has 5 aromatic rings. The number of fused-ring (bicyclic) bond motifs is 1. The molecular weight excluding hydrogens is 518 g/mol. The molecule has 40 heavy (non-hydrogen) atoms. The van der Waals surface area contributed by atoms with Crippen LogP contribution in [0.1, 0.15) is 28.1 Å². The van der Waals surface area contributed by atoms with Crippen LogP contribution in [-0.4, -0.2) is 43.5 Å². The number of rotatable bonds is 10. The van der Waals surface area contributed by atoms with Crippen LogP contribution in [0.3, 0.4) is 0 Å². The molecule has 7 nitrogen and oxygen atoms in total. The van der Waals surface area contributed by atoms with Gasteiger partial charge in [0.1, 0.15) is 5.82 Å². The van der Waals surface area contributed by atoms with Gasteiger partial charge in [0.05, 0.1) is 33.2 Å². The number of nitrogens with zero attached hydrogens (tertiary/aromatic N) is 4. The van der Waals surface area contributed by atoms with Crippen LogP contribution in [0.2, 0.25) is 0 Å². The summed E-state index contributed by atoms with van der Waals surface area (Å²) in [4.78, 5) is 7.25. The Kier molecular flexibility index (Phi) is 7.96. The molecule has 0 bridgehead atoms. The van der Waals surface area contributed by atoms with Gasteiger partial charge in [-0.3, -0.25) is 4.72 Å². The lowest BCUT2D eigenvalue weighted by atomic mass is 10.1. The van der Waals surface area contributed by atoms with Crippen LogP contribution in [0, 0.1) is 11.3 Å². The number of aromatic nitrogens is 2. The minimum absolute atomic E-state index is 0.285. The normalized spacial score (nSPS) is 11.6. The first-order valence-corrected chi connectivity index (χ1v) is 14.6. The van der Waals surface area contributed by atoms with E-state index in [0.717, 1.165) is 34.6 Å². The molecule has 8 heteroatoms. The molecule has 0 radical (unpaired) electrons. The van der Waals surface area contributed by atoms with Gasteiger partial charge in [0.25, 0.3) is 10.0 Å². The Hall–Kier alpha value is -4.45. The van der Waals surface area contributed by atoms with Crippen LogP contribution in [-0.2, 0) is 29.4 Å². The first kappa shape index (κ1) is 27.1. The van der Waals surface area contributed by atoms with Crippen LogP contribution in [0.5, 0.6) is 0 Å². The number of hydrogen-bond donors (Lipinski definition) is 1. The summed E-state index contributed by atoms with van der Waals surface area (Å²) in [6.07, 6.45) is 1.21. The number of imidazole rings is 1. The summed E-state index contributed by atoms with van der Waals surface area (Å²) in [6, 6.07) is 32.5. The van der Waals surface area contributed by atoms with Gasteiger partial charge in [-0.15, -0.1) is 0 Å². The van der Waals surface area contributed by atoms with E-state index in [0.29, 0.717) is 36.2 Å². The molecule has 0 aliphatic rings. The molecule has 202 valence electrons. The van der Waals surface area contributed by atoms with Gasteiger partial charge >= 0.3 is 0 Å². The second-order valence-electron chi connectivity index (χ2n) is 10.1. The van der Waals surface area contributed by atoms with Crippen molar-refractivity contribution in [2.45, 2.75) is 24.3 Å². The van der Waals surface area contributed by atoms with Crippen molar-refractivity contribution in [2.24, 2.45) is 0 Å². The molecule has 1 N–H and O–H groups in total. The summed E-state index contributed by atoms with van der Waals surface area (Å²) in [5.41, 5.74) is 5.66. The van der Waals surface area contributed by atoms with Crippen LogP contribution < -0.4 is 4.72 Å². The summed E-state index contributed by atoms with van der Waals surface area (Å²) in [5, 5.41) is 9.15. The highest BCUT2D eigenvalue weighted by Crippen LogP contribution is 2.26. The van der Waals surface area contributed by atoms with Crippen molar-refractivity contribution in [3.8, 4) is 6.07 Å². The van der Waals surface area contributed by atoms with E-state index < -0.39 is 10.0 Å². The first-order chi connectivity index (χ1) is 19.3. The zero-order chi connectivity index (χ0) is 28.1. The second-order valence-corrected chi connectivity index (χ2v) is 11.7. The predicted octanol–water partition coefficient (Wildman–Crippen LogP) is 5.45. The monoisotopic (exact) mass is 549 g/mol. The Morgan fingerprint density at radius 1 is 0.900 bits per heavy atom. The Balaban J connectivity index is 1.49. The summed E-state index contributed by atoms with van der Waals surface area (Å²) >= 11 is 0. The minimum atomic E-state index is -3.80. The molecule has 0 amide bonds. The summed E-state index contributed by atoms with van der Waals surface area (Å²) in [6.45, 7) is 1.38.